The zero-order valence-corrected chi connectivity index (χ0v) is 12.1. The molecule has 2 heterocycles. The number of hydrogen-bond donors (Lipinski definition) is 0. The first kappa shape index (κ1) is 13.6. The molecule has 1 saturated heterocycles. The fourth-order valence-electron chi connectivity index (χ4n) is 2.52. The first-order valence-electron chi connectivity index (χ1n) is 6.98. The largest absolute Gasteiger partial charge is 0.459 e. The van der Waals surface area contributed by atoms with Gasteiger partial charge in [-0.05, 0) is 20.3 Å². The standard InChI is InChI=1S/C17H17NO3/c1-10-4-6-13(7-5-10)15-9-16(21-18-15)14-8-11(2)20-17(19)12(14)3/h4-7,9,11,14H,3,8H2,1-2H3. The second-order valence-corrected chi connectivity index (χ2v) is 5.51. The van der Waals surface area contributed by atoms with E-state index in [1.165, 1.54) is 5.56 Å². The Hall–Kier alpha value is -2.36. The molecule has 1 aliphatic heterocycles. The number of ether oxygens (including phenoxy) is 1. The van der Waals surface area contributed by atoms with Crippen molar-refractivity contribution in [3.63, 3.8) is 0 Å². The van der Waals surface area contributed by atoms with E-state index in [9.17, 15) is 4.79 Å². The zero-order valence-electron chi connectivity index (χ0n) is 12.1. The molecule has 21 heavy (non-hydrogen) atoms. The van der Waals surface area contributed by atoms with Crippen molar-refractivity contribution in [2.45, 2.75) is 32.3 Å². The van der Waals surface area contributed by atoms with Crippen molar-refractivity contribution in [1.82, 2.24) is 5.16 Å². The van der Waals surface area contributed by atoms with Crippen LogP contribution in [0.1, 0.15) is 30.6 Å². The summed E-state index contributed by atoms with van der Waals surface area (Å²) in [6, 6.07) is 9.95. The zero-order chi connectivity index (χ0) is 15.0. The minimum atomic E-state index is -0.355. The molecule has 0 spiro atoms. The lowest BCUT2D eigenvalue weighted by molar-refractivity contribution is -0.147. The van der Waals surface area contributed by atoms with Crippen LogP contribution in [0.4, 0.5) is 0 Å². The summed E-state index contributed by atoms with van der Waals surface area (Å²) in [6.45, 7) is 7.73. The Morgan fingerprint density at radius 2 is 2.00 bits per heavy atom. The van der Waals surface area contributed by atoms with Crippen molar-refractivity contribution in [1.29, 1.82) is 0 Å². The van der Waals surface area contributed by atoms with Crippen LogP contribution in [0.2, 0.25) is 0 Å². The average molecular weight is 283 g/mol. The predicted octanol–water partition coefficient (Wildman–Crippen LogP) is 3.63. The van der Waals surface area contributed by atoms with E-state index in [2.05, 4.69) is 11.7 Å². The quantitative estimate of drug-likeness (QED) is 0.624. The fourth-order valence-corrected chi connectivity index (χ4v) is 2.52. The Morgan fingerprint density at radius 1 is 1.29 bits per heavy atom. The van der Waals surface area contributed by atoms with Gasteiger partial charge in [-0.25, -0.2) is 4.79 Å². The number of carbonyl (C=O) groups excluding carboxylic acids is 1. The van der Waals surface area contributed by atoms with Crippen molar-refractivity contribution in [3.05, 3.63) is 53.8 Å². The van der Waals surface area contributed by atoms with Crippen LogP contribution in [0.15, 0.2) is 47.0 Å². The summed E-state index contributed by atoms with van der Waals surface area (Å²) >= 11 is 0. The van der Waals surface area contributed by atoms with Gasteiger partial charge in [0.2, 0.25) is 0 Å². The molecule has 2 atom stereocenters. The van der Waals surface area contributed by atoms with E-state index in [1.54, 1.807) is 0 Å². The minimum absolute atomic E-state index is 0.138. The fraction of sp³-hybridized carbons (Fsp3) is 0.294. The molecule has 2 unspecified atom stereocenters. The molecule has 4 heteroatoms. The molecule has 3 rings (SSSR count). The third-order valence-electron chi connectivity index (χ3n) is 3.78. The van der Waals surface area contributed by atoms with E-state index in [1.807, 2.05) is 44.2 Å². The van der Waals surface area contributed by atoms with Gasteiger partial charge in [0.25, 0.3) is 0 Å². The number of nitrogens with zero attached hydrogens (tertiary/aromatic N) is 1. The molecular weight excluding hydrogens is 266 g/mol. The molecule has 2 aromatic rings. The van der Waals surface area contributed by atoms with Crippen LogP contribution in [-0.4, -0.2) is 17.2 Å². The van der Waals surface area contributed by atoms with E-state index >= 15 is 0 Å². The van der Waals surface area contributed by atoms with Crippen molar-refractivity contribution in [3.8, 4) is 11.3 Å². The molecule has 0 amide bonds. The van der Waals surface area contributed by atoms with Crippen LogP contribution in [0.5, 0.6) is 0 Å². The normalized spacial score (nSPS) is 22.2. The van der Waals surface area contributed by atoms with Gasteiger partial charge in [0.1, 0.15) is 17.6 Å². The van der Waals surface area contributed by atoms with Gasteiger partial charge in [0.05, 0.1) is 5.92 Å². The molecule has 0 radical (unpaired) electrons. The summed E-state index contributed by atoms with van der Waals surface area (Å²) in [5.41, 5.74) is 3.39. The van der Waals surface area contributed by atoms with Gasteiger partial charge in [-0.2, -0.15) is 0 Å². The number of hydrogen-bond acceptors (Lipinski definition) is 4. The summed E-state index contributed by atoms with van der Waals surface area (Å²) in [5.74, 6) is 0.152. The van der Waals surface area contributed by atoms with E-state index < -0.39 is 0 Å². The number of benzene rings is 1. The van der Waals surface area contributed by atoms with Gasteiger partial charge < -0.3 is 9.26 Å². The topological polar surface area (TPSA) is 52.3 Å². The first-order chi connectivity index (χ1) is 10.0. The molecule has 108 valence electrons. The highest BCUT2D eigenvalue weighted by Gasteiger charge is 2.33. The Kier molecular flexibility index (Phi) is 3.37. The van der Waals surface area contributed by atoms with Crippen molar-refractivity contribution in [2.24, 2.45) is 0 Å². The monoisotopic (exact) mass is 283 g/mol. The summed E-state index contributed by atoms with van der Waals surface area (Å²) in [6.07, 6.45) is 0.536. The molecule has 1 aromatic carbocycles. The maximum absolute atomic E-state index is 11.7. The van der Waals surface area contributed by atoms with Gasteiger partial charge in [0, 0.05) is 17.2 Å². The van der Waals surface area contributed by atoms with Crippen molar-refractivity contribution < 1.29 is 14.1 Å². The molecule has 1 aliphatic rings. The Labute approximate surface area is 123 Å². The van der Waals surface area contributed by atoms with Crippen LogP contribution in [0, 0.1) is 6.92 Å². The third kappa shape index (κ3) is 2.61. The van der Waals surface area contributed by atoms with Gasteiger partial charge in [-0.1, -0.05) is 41.6 Å². The summed E-state index contributed by atoms with van der Waals surface area (Å²) in [5, 5.41) is 4.11. The lowest BCUT2D eigenvalue weighted by atomic mass is 9.89. The van der Waals surface area contributed by atoms with Crippen molar-refractivity contribution >= 4 is 5.97 Å². The maximum Gasteiger partial charge on any atom is 0.334 e. The molecule has 0 N–H and O–H groups in total. The smallest absolute Gasteiger partial charge is 0.334 e. The van der Waals surface area contributed by atoms with Gasteiger partial charge in [0.15, 0.2) is 0 Å². The summed E-state index contributed by atoms with van der Waals surface area (Å²) in [7, 11) is 0. The predicted molar refractivity (Wildman–Crippen MR) is 78.7 cm³/mol. The second-order valence-electron chi connectivity index (χ2n) is 5.51. The highest BCUT2D eigenvalue weighted by Crippen LogP contribution is 2.35. The Bertz CT molecular complexity index is 684. The Morgan fingerprint density at radius 3 is 2.71 bits per heavy atom. The number of aryl methyl sites for hydroxylation is 1. The van der Waals surface area contributed by atoms with Crippen LogP contribution in [0.25, 0.3) is 11.3 Å². The number of esters is 1. The molecule has 1 aromatic heterocycles. The molecular formula is C17H17NO3. The summed E-state index contributed by atoms with van der Waals surface area (Å²) < 4.78 is 10.6. The molecule has 0 aliphatic carbocycles. The number of rotatable bonds is 2. The number of cyclic esters (lactones) is 1. The van der Waals surface area contributed by atoms with Gasteiger partial charge >= 0.3 is 5.97 Å². The van der Waals surface area contributed by atoms with Crippen LogP contribution in [0.3, 0.4) is 0 Å². The van der Waals surface area contributed by atoms with Crippen LogP contribution >= 0.6 is 0 Å². The average Bonchev–Trinajstić information content (AvgIpc) is 2.93. The van der Waals surface area contributed by atoms with E-state index in [-0.39, 0.29) is 18.0 Å². The Balaban J connectivity index is 1.89. The first-order valence-corrected chi connectivity index (χ1v) is 6.98. The van der Waals surface area contributed by atoms with E-state index in [0.717, 1.165) is 11.3 Å². The molecule has 0 bridgehead atoms. The van der Waals surface area contributed by atoms with Gasteiger partial charge in [-0.3, -0.25) is 0 Å². The number of carbonyl (C=O) groups is 1. The SMILES string of the molecule is C=C1C(=O)OC(C)CC1c1cc(-c2ccc(C)cc2)no1. The minimum Gasteiger partial charge on any atom is -0.459 e. The van der Waals surface area contributed by atoms with Gasteiger partial charge in [-0.15, -0.1) is 0 Å². The van der Waals surface area contributed by atoms with E-state index in [4.69, 9.17) is 9.26 Å². The highest BCUT2D eigenvalue weighted by atomic mass is 16.5. The second kappa shape index (κ2) is 5.20. The van der Waals surface area contributed by atoms with E-state index in [0.29, 0.717) is 17.8 Å². The van der Waals surface area contributed by atoms with Crippen LogP contribution in [-0.2, 0) is 9.53 Å². The maximum atomic E-state index is 11.7. The van der Waals surface area contributed by atoms with Crippen molar-refractivity contribution in [2.75, 3.05) is 0 Å². The highest BCUT2D eigenvalue weighted by molar-refractivity contribution is 5.90. The molecule has 1 fully saturated rings. The lowest BCUT2D eigenvalue weighted by Gasteiger charge is -2.26. The molecule has 0 saturated carbocycles. The number of aromatic nitrogens is 1. The molecule has 4 nitrogen and oxygen atoms in total. The summed E-state index contributed by atoms with van der Waals surface area (Å²) in [4.78, 5) is 11.7. The third-order valence-corrected chi connectivity index (χ3v) is 3.78. The lowest BCUT2D eigenvalue weighted by Crippen LogP contribution is -2.28. The van der Waals surface area contributed by atoms with Crippen LogP contribution < -0.4 is 0 Å².